The van der Waals surface area contributed by atoms with Crippen LogP contribution in [0, 0.1) is 0 Å². The average molecular weight is 355 g/mol. The molecule has 2 rings (SSSR count). The average Bonchev–Trinajstić information content (AvgIpc) is 2.39. The summed E-state index contributed by atoms with van der Waals surface area (Å²) < 4.78 is 23.4. The van der Waals surface area contributed by atoms with E-state index in [4.69, 9.17) is 0 Å². The molecule has 1 amide bonds. The number of halogens is 1. The first kappa shape index (κ1) is 14.7. The SMILES string of the molecule is CS(=O)(=O)c1ccc(NC(=O)c2ccc(Br)cn2)cc1. The quantitative estimate of drug-likeness (QED) is 0.918. The van der Waals surface area contributed by atoms with Gasteiger partial charge in [-0.15, -0.1) is 0 Å². The van der Waals surface area contributed by atoms with Crippen LogP contribution < -0.4 is 5.32 Å². The molecule has 7 heteroatoms. The van der Waals surface area contributed by atoms with E-state index in [9.17, 15) is 13.2 Å². The largest absolute Gasteiger partial charge is 0.321 e. The van der Waals surface area contributed by atoms with Crippen molar-refractivity contribution < 1.29 is 13.2 Å². The molecule has 1 N–H and O–H groups in total. The number of benzene rings is 1. The number of sulfone groups is 1. The Kier molecular flexibility index (Phi) is 4.20. The van der Waals surface area contributed by atoms with E-state index >= 15 is 0 Å². The highest BCUT2D eigenvalue weighted by molar-refractivity contribution is 9.10. The second kappa shape index (κ2) is 5.72. The van der Waals surface area contributed by atoms with Crippen LogP contribution in [-0.2, 0) is 9.84 Å². The number of amides is 1. The summed E-state index contributed by atoms with van der Waals surface area (Å²) in [4.78, 5) is 16.1. The number of anilines is 1. The summed E-state index contributed by atoms with van der Waals surface area (Å²) in [5.41, 5.74) is 0.785. The lowest BCUT2D eigenvalue weighted by Crippen LogP contribution is -2.13. The summed E-state index contributed by atoms with van der Waals surface area (Å²) in [6.07, 6.45) is 2.66. The molecule has 104 valence electrons. The Morgan fingerprint density at radius 1 is 1.15 bits per heavy atom. The van der Waals surface area contributed by atoms with E-state index in [1.807, 2.05) is 0 Å². The third kappa shape index (κ3) is 3.64. The Morgan fingerprint density at radius 2 is 1.80 bits per heavy atom. The first-order valence-electron chi connectivity index (χ1n) is 5.59. The van der Waals surface area contributed by atoms with Gasteiger partial charge in [0.1, 0.15) is 5.69 Å². The van der Waals surface area contributed by atoms with Gasteiger partial charge in [0, 0.05) is 22.6 Å². The van der Waals surface area contributed by atoms with Crippen LogP contribution in [0.25, 0.3) is 0 Å². The molecule has 0 aliphatic heterocycles. The molecule has 0 atom stereocenters. The van der Waals surface area contributed by atoms with Crippen LogP contribution in [0.5, 0.6) is 0 Å². The molecule has 0 saturated carbocycles. The van der Waals surface area contributed by atoms with Gasteiger partial charge >= 0.3 is 0 Å². The van der Waals surface area contributed by atoms with Crippen LogP contribution in [-0.4, -0.2) is 25.6 Å². The summed E-state index contributed by atoms with van der Waals surface area (Å²) in [6, 6.07) is 9.26. The Bertz CT molecular complexity index is 725. The minimum absolute atomic E-state index is 0.206. The number of pyridine rings is 1. The molecular formula is C13H11BrN2O3S. The standard InChI is InChI=1S/C13H11BrN2O3S/c1-20(18,19)11-5-3-10(4-6-11)16-13(17)12-7-2-9(14)8-15-12/h2-8H,1H3,(H,16,17). The van der Waals surface area contributed by atoms with E-state index in [2.05, 4.69) is 26.2 Å². The van der Waals surface area contributed by atoms with Gasteiger partial charge in [-0.3, -0.25) is 4.79 Å². The molecule has 1 aromatic heterocycles. The normalized spacial score (nSPS) is 11.1. The second-order valence-electron chi connectivity index (χ2n) is 4.11. The van der Waals surface area contributed by atoms with Gasteiger partial charge in [0.05, 0.1) is 4.90 Å². The number of rotatable bonds is 3. The molecule has 0 saturated heterocycles. The zero-order valence-electron chi connectivity index (χ0n) is 10.5. The van der Waals surface area contributed by atoms with Crippen molar-refractivity contribution in [2.24, 2.45) is 0 Å². The van der Waals surface area contributed by atoms with Crippen LogP contribution in [0.2, 0.25) is 0 Å². The van der Waals surface area contributed by atoms with Crippen molar-refractivity contribution in [2.75, 3.05) is 11.6 Å². The van der Waals surface area contributed by atoms with Crippen LogP contribution in [0.1, 0.15) is 10.5 Å². The Morgan fingerprint density at radius 3 is 2.30 bits per heavy atom. The highest BCUT2D eigenvalue weighted by atomic mass is 79.9. The number of nitrogens with zero attached hydrogens (tertiary/aromatic N) is 1. The van der Waals surface area contributed by atoms with Gasteiger partial charge in [0.15, 0.2) is 9.84 Å². The maximum atomic E-state index is 11.9. The fourth-order valence-electron chi connectivity index (χ4n) is 1.49. The smallest absolute Gasteiger partial charge is 0.274 e. The predicted molar refractivity (Wildman–Crippen MR) is 79.4 cm³/mol. The summed E-state index contributed by atoms with van der Waals surface area (Å²) in [7, 11) is -3.24. The third-order valence-corrected chi connectivity index (χ3v) is 4.10. The van der Waals surface area contributed by atoms with Crippen LogP contribution in [0.3, 0.4) is 0 Å². The van der Waals surface area contributed by atoms with E-state index < -0.39 is 9.84 Å². The molecule has 0 spiro atoms. The maximum Gasteiger partial charge on any atom is 0.274 e. The van der Waals surface area contributed by atoms with Crippen LogP contribution >= 0.6 is 15.9 Å². The first-order chi connectivity index (χ1) is 9.36. The van der Waals surface area contributed by atoms with Gasteiger partial charge in [0.25, 0.3) is 5.91 Å². The molecule has 0 aliphatic rings. The maximum absolute atomic E-state index is 11.9. The number of carbonyl (C=O) groups is 1. The second-order valence-corrected chi connectivity index (χ2v) is 7.04. The van der Waals surface area contributed by atoms with Crippen LogP contribution in [0.4, 0.5) is 5.69 Å². The van der Waals surface area contributed by atoms with Crippen molar-refractivity contribution in [3.8, 4) is 0 Å². The third-order valence-electron chi connectivity index (χ3n) is 2.50. The fraction of sp³-hybridized carbons (Fsp3) is 0.0769. The van der Waals surface area contributed by atoms with Gasteiger partial charge in [-0.1, -0.05) is 0 Å². The van der Waals surface area contributed by atoms with Gasteiger partial charge in [0.2, 0.25) is 0 Å². The van der Waals surface area contributed by atoms with Gasteiger partial charge in [-0.05, 0) is 52.3 Å². The van der Waals surface area contributed by atoms with Gasteiger partial charge in [-0.2, -0.15) is 0 Å². The zero-order valence-corrected chi connectivity index (χ0v) is 12.9. The molecule has 0 radical (unpaired) electrons. The van der Waals surface area contributed by atoms with Gasteiger partial charge in [-0.25, -0.2) is 13.4 Å². The molecule has 1 heterocycles. The number of carbonyl (C=O) groups excluding carboxylic acids is 1. The van der Waals surface area contributed by atoms with Crippen molar-refractivity contribution in [1.82, 2.24) is 4.98 Å². The molecule has 1 aromatic carbocycles. The summed E-state index contributed by atoms with van der Waals surface area (Å²) in [5, 5.41) is 2.64. The minimum Gasteiger partial charge on any atom is -0.321 e. The molecule has 0 unspecified atom stereocenters. The molecule has 2 aromatic rings. The van der Waals surface area contributed by atoms with Crippen molar-refractivity contribution in [2.45, 2.75) is 4.90 Å². The topological polar surface area (TPSA) is 76.1 Å². The Balaban J connectivity index is 2.14. The Hall–Kier alpha value is -1.73. The van der Waals surface area contributed by atoms with Crippen molar-refractivity contribution in [3.63, 3.8) is 0 Å². The minimum atomic E-state index is -3.24. The van der Waals surface area contributed by atoms with Crippen molar-refractivity contribution in [3.05, 3.63) is 52.8 Å². The van der Waals surface area contributed by atoms with Crippen molar-refractivity contribution in [1.29, 1.82) is 0 Å². The molecule has 0 fully saturated rings. The highest BCUT2D eigenvalue weighted by Gasteiger charge is 2.09. The van der Waals surface area contributed by atoms with Crippen LogP contribution in [0.15, 0.2) is 52.0 Å². The number of aromatic nitrogens is 1. The zero-order chi connectivity index (χ0) is 14.8. The van der Waals surface area contributed by atoms with E-state index in [1.165, 1.54) is 30.5 Å². The first-order valence-corrected chi connectivity index (χ1v) is 8.28. The summed E-state index contributed by atoms with van der Waals surface area (Å²) in [5.74, 6) is -0.357. The Labute approximate surface area is 125 Å². The lowest BCUT2D eigenvalue weighted by molar-refractivity contribution is 0.102. The lowest BCUT2D eigenvalue weighted by Gasteiger charge is -2.05. The predicted octanol–water partition coefficient (Wildman–Crippen LogP) is 2.50. The summed E-state index contributed by atoms with van der Waals surface area (Å²) >= 11 is 3.24. The van der Waals surface area contributed by atoms with E-state index in [0.717, 1.165) is 10.7 Å². The molecule has 0 bridgehead atoms. The number of hydrogen-bond donors (Lipinski definition) is 1. The number of nitrogens with one attached hydrogen (secondary N) is 1. The molecular weight excluding hydrogens is 344 g/mol. The lowest BCUT2D eigenvalue weighted by atomic mass is 10.3. The van der Waals surface area contributed by atoms with E-state index in [1.54, 1.807) is 12.1 Å². The van der Waals surface area contributed by atoms with Crippen molar-refractivity contribution >= 4 is 37.4 Å². The molecule has 0 aliphatic carbocycles. The molecule has 20 heavy (non-hydrogen) atoms. The van der Waals surface area contributed by atoms with E-state index in [0.29, 0.717) is 5.69 Å². The fourth-order valence-corrected chi connectivity index (χ4v) is 2.36. The molecule has 5 nitrogen and oxygen atoms in total. The van der Waals surface area contributed by atoms with E-state index in [-0.39, 0.29) is 16.5 Å². The van der Waals surface area contributed by atoms with Gasteiger partial charge < -0.3 is 5.32 Å². The summed E-state index contributed by atoms with van der Waals surface area (Å²) in [6.45, 7) is 0. The monoisotopic (exact) mass is 354 g/mol. The number of hydrogen-bond acceptors (Lipinski definition) is 4. The highest BCUT2D eigenvalue weighted by Crippen LogP contribution is 2.15.